The summed E-state index contributed by atoms with van der Waals surface area (Å²) < 4.78 is 5.30. The molecule has 0 unspecified atom stereocenters. The van der Waals surface area contributed by atoms with Crippen LogP contribution in [0.25, 0.3) is 10.9 Å². The van der Waals surface area contributed by atoms with E-state index in [-0.39, 0.29) is 11.9 Å². The van der Waals surface area contributed by atoms with Gasteiger partial charge in [0.1, 0.15) is 0 Å². The van der Waals surface area contributed by atoms with Gasteiger partial charge in [0.2, 0.25) is 0 Å². The Kier molecular flexibility index (Phi) is 3.97. The third kappa shape index (κ3) is 2.83. The fourth-order valence-electron chi connectivity index (χ4n) is 2.55. The summed E-state index contributed by atoms with van der Waals surface area (Å²) in [5.41, 5.74) is 2.32. The van der Waals surface area contributed by atoms with Crippen molar-refractivity contribution in [3.63, 3.8) is 0 Å². The lowest BCUT2D eigenvalue weighted by atomic mass is 9.86. The van der Waals surface area contributed by atoms with Crippen molar-refractivity contribution in [3.05, 3.63) is 35.0 Å². The maximum Gasteiger partial charge on any atom is 0.308 e. The minimum absolute atomic E-state index is 0.0155. The van der Waals surface area contributed by atoms with E-state index in [2.05, 4.69) is 4.98 Å². The Bertz CT molecular complexity index is 616. The van der Waals surface area contributed by atoms with Crippen molar-refractivity contribution in [1.29, 1.82) is 0 Å². The van der Waals surface area contributed by atoms with Crippen LogP contribution in [-0.4, -0.2) is 17.6 Å². The molecule has 4 heteroatoms. The lowest BCUT2D eigenvalue weighted by Gasteiger charge is -2.22. The standard InChI is InChI=1S/C16H18ClNO2/c17-13-6-7-15-14(9-13)12(10-18-15)5-2-8-20-16(19)11-3-1-4-11/h6-7,9-11,18H,1-5,8H2. The number of aryl methyl sites for hydroxylation is 1. The van der Waals surface area contributed by atoms with Gasteiger partial charge in [-0.1, -0.05) is 18.0 Å². The van der Waals surface area contributed by atoms with Crippen LogP contribution in [0.4, 0.5) is 0 Å². The summed E-state index contributed by atoms with van der Waals surface area (Å²) in [5, 5.41) is 1.90. The maximum absolute atomic E-state index is 11.6. The Morgan fingerprint density at radius 1 is 1.40 bits per heavy atom. The number of carbonyl (C=O) groups is 1. The molecule has 3 nitrogen and oxygen atoms in total. The van der Waals surface area contributed by atoms with Crippen LogP contribution in [0, 0.1) is 5.92 Å². The number of hydrogen-bond donors (Lipinski definition) is 1. The first-order chi connectivity index (χ1) is 9.74. The smallest absolute Gasteiger partial charge is 0.308 e. The fourth-order valence-corrected chi connectivity index (χ4v) is 2.73. The highest BCUT2D eigenvalue weighted by molar-refractivity contribution is 6.31. The molecule has 0 atom stereocenters. The van der Waals surface area contributed by atoms with Gasteiger partial charge in [0.05, 0.1) is 12.5 Å². The van der Waals surface area contributed by atoms with E-state index in [1.165, 1.54) is 5.56 Å². The number of hydrogen-bond acceptors (Lipinski definition) is 2. The zero-order valence-electron chi connectivity index (χ0n) is 11.3. The van der Waals surface area contributed by atoms with Gasteiger partial charge in [-0.3, -0.25) is 4.79 Å². The van der Waals surface area contributed by atoms with Gasteiger partial charge in [0.25, 0.3) is 0 Å². The number of aromatic amines is 1. The van der Waals surface area contributed by atoms with E-state index in [0.717, 1.165) is 48.0 Å². The number of fused-ring (bicyclic) bond motifs is 1. The zero-order chi connectivity index (χ0) is 13.9. The molecule has 1 fully saturated rings. The molecule has 1 heterocycles. The van der Waals surface area contributed by atoms with E-state index >= 15 is 0 Å². The van der Waals surface area contributed by atoms with Crippen LogP contribution >= 0.6 is 11.6 Å². The average Bonchev–Trinajstić information content (AvgIpc) is 2.75. The third-order valence-corrected chi connectivity index (χ3v) is 4.24. The molecule has 1 saturated carbocycles. The second kappa shape index (κ2) is 5.88. The van der Waals surface area contributed by atoms with Crippen molar-refractivity contribution in [1.82, 2.24) is 4.98 Å². The molecular formula is C16H18ClNO2. The van der Waals surface area contributed by atoms with Gasteiger partial charge in [-0.25, -0.2) is 0 Å². The number of esters is 1. The summed E-state index contributed by atoms with van der Waals surface area (Å²) in [6.07, 6.45) is 6.90. The molecule has 20 heavy (non-hydrogen) atoms. The second-order valence-electron chi connectivity index (χ2n) is 5.40. The number of halogens is 1. The van der Waals surface area contributed by atoms with Gasteiger partial charge in [-0.2, -0.15) is 0 Å². The molecule has 0 radical (unpaired) electrons. The average molecular weight is 292 g/mol. The van der Waals surface area contributed by atoms with Gasteiger partial charge in [0, 0.05) is 22.1 Å². The monoisotopic (exact) mass is 291 g/mol. The Labute approximate surface area is 123 Å². The predicted molar refractivity (Wildman–Crippen MR) is 79.9 cm³/mol. The summed E-state index contributed by atoms with van der Waals surface area (Å²) in [5.74, 6) is 0.153. The van der Waals surface area contributed by atoms with Crippen LogP contribution < -0.4 is 0 Å². The van der Waals surface area contributed by atoms with Crippen LogP contribution in [-0.2, 0) is 16.0 Å². The minimum Gasteiger partial charge on any atom is -0.465 e. The molecule has 1 aromatic heterocycles. The molecule has 1 aromatic carbocycles. The molecule has 0 amide bonds. The lowest BCUT2D eigenvalue weighted by Crippen LogP contribution is -2.24. The zero-order valence-corrected chi connectivity index (χ0v) is 12.1. The van der Waals surface area contributed by atoms with Crippen molar-refractivity contribution >= 4 is 28.5 Å². The van der Waals surface area contributed by atoms with Gasteiger partial charge in [0.15, 0.2) is 0 Å². The van der Waals surface area contributed by atoms with Crippen LogP contribution in [0.3, 0.4) is 0 Å². The molecule has 1 aliphatic rings. The van der Waals surface area contributed by atoms with Crippen molar-refractivity contribution in [3.8, 4) is 0 Å². The molecule has 0 bridgehead atoms. The molecule has 3 rings (SSSR count). The van der Waals surface area contributed by atoms with E-state index in [1.807, 2.05) is 24.4 Å². The number of H-pyrrole nitrogens is 1. The predicted octanol–water partition coefficient (Wildman–Crippen LogP) is 4.10. The molecule has 1 N–H and O–H groups in total. The Hall–Kier alpha value is -1.48. The molecule has 0 aliphatic heterocycles. The molecule has 1 aliphatic carbocycles. The highest BCUT2D eigenvalue weighted by atomic mass is 35.5. The van der Waals surface area contributed by atoms with Gasteiger partial charge in [-0.05, 0) is 49.4 Å². The Balaban J connectivity index is 1.52. The van der Waals surface area contributed by atoms with Crippen LogP contribution in [0.2, 0.25) is 5.02 Å². The highest BCUT2D eigenvalue weighted by Crippen LogP contribution is 2.27. The topological polar surface area (TPSA) is 42.1 Å². The molecule has 0 spiro atoms. The van der Waals surface area contributed by atoms with Gasteiger partial charge < -0.3 is 9.72 Å². The number of benzene rings is 1. The van der Waals surface area contributed by atoms with Crippen molar-refractivity contribution in [2.45, 2.75) is 32.1 Å². The van der Waals surface area contributed by atoms with E-state index in [9.17, 15) is 4.79 Å². The summed E-state index contributed by atoms with van der Waals surface area (Å²) in [4.78, 5) is 14.8. The van der Waals surface area contributed by atoms with Crippen LogP contribution in [0.1, 0.15) is 31.2 Å². The Morgan fingerprint density at radius 3 is 3.00 bits per heavy atom. The quantitative estimate of drug-likeness (QED) is 0.666. The first-order valence-corrected chi connectivity index (χ1v) is 7.54. The third-order valence-electron chi connectivity index (χ3n) is 4.00. The van der Waals surface area contributed by atoms with Crippen molar-refractivity contribution in [2.24, 2.45) is 5.92 Å². The Morgan fingerprint density at radius 2 is 2.25 bits per heavy atom. The highest BCUT2D eigenvalue weighted by Gasteiger charge is 2.26. The maximum atomic E-state index is 11.6. The summed E-state index contributed by atoms with van der Waals surface area (Å²) >= 11 is 6.02. The summed E-state index contributed by atoms with van der Waals surface area (Å²) in [6.45, 7) is 0.503. The minimum atomic E-state index is -0.0155. The number of ether oxygens (including phenoxy) is 1. The SMILES string of the molecule is O=C(OCCCc1c[nH]c2ccc(Cl)cc12)C1CCC1. The van der Waals surface area contributed by atoms with E-state index in [1.54, 1.807) is 0 Å². The number of rotatable bonds is 5. The molecular weight excluding hydrogens is 274 g/mol. The molecule has 0 saturated heterocycles. The van der Waals surface area contributed by atoms with E-state index < -0.39 is 0 Å². The van der Waals surface area contributed by atoms with Crippen molar-refractivity contribution in [2.75, 3.05) is 6.61 Å². The summed E-state index contributed by atoms with van der Waals surface area (Å²) in [7, 11) is 0. The normalized spacial score (nSPS) is 15.2. The van der Waals surface area contributed by atoms with Crippen LogP contribution in [0.15, 0.2) is 24.4 Å². The number of aromatic nitrogens is 1. The first-order valence-electron chi connectivity index (χ1n) is 7.16. The lowest BCUT2D eigenvalue weighted by molar-refractivity contribution is -0.151. The van der Waals surface area contributed by atoms with Gasteiger partial charge in [-0.15, -0.1) is 0 Å². The van der Waals surface area contributed by atoms with E-state index in [0.29, 0.717) is 6.61 Å². The summed E-state index contributed by atoms with van der Waals surface area (Å²) in [6, 6.07) is 5.84. The van der Waals surface area contributed by atoms with Crippen molar-refractivity contribution < 1.29 is 9.53 Å². The first kappa shape index (κ1) is 13.5. The fraction of sp³-hybridized carbons (Fsp3) is 0.438. The largest absolute Gasteiger partial charge is 0.465 e. The van der Waals surface area contributed by atoms with E-state index in [4.69, 9.17) is 16.3 Å². The van der Waals surface area contributed by atoms with Crippen LogP contribution in [0.5, 0.6) is 0 Å². The molecule has 106 valence electrons. The second-order valence-corrected chi connectivity index (χ2v) is 5.84. The van der Waals surface area contributed by atoms with Gasteiger partial charge >= 0.3 is 5.97 Å². The number of carbonyl (C=O) groups excluding carboxylic acids is 1. The molecule has 2 aromatic rings. The number of nitrogens with one attached hydrogen (secondary N) is 1.